The summed E-state index contributed by atoms with van der Waals surface area (Å²) in [7, 11) is 0. The Bertz CT molecular complexity index is 581. The Balaban J connectivity index is 2.78. The van der Waals surface area contributed by atoms with Crippen LogP contribution in [-0.4, -0.2) is 86.8 Å². The molecule has 1 rings (SSSR count). The summed E-state index contributed by atoms with van der Waals surface area (Å²) in [5, 5.41) is 33.0. The van der Waals surface area contributed by atoms with E-state index in [-0.39, 0.29) is 6.54 Å². The third kappa shape index (κ3) is 5.88. The summed E-state index contributed by atoms with van der Waals surface area (Å²) in [4.78, 5) is 49.1. The molecule has 7 N–H and O–H groups in total. The first-order chi connectivity index (χ1) is 12.5. The summed E-state index contributed by atoms with van der Waals surface area (Å²) in [5.74, 6) is -3.36. The van der Waals surface area contributed by atoms with Gasteiger partial charge in [0.25, 0.3) is 0 Å². The van der Waals surface area contributed by atoms with Gasteiger partial charge < -0.3 is 36.6 Å². The first-order valence-corrected chi connectivity index (χ1v) is 8.73. The number of carboxylic acid groups (broad SMARTS) is 1. The monoisotopic (exact) mass is 388 g/mol. The summed E-state index contributed by atoms with van der Waals surface area (Å²) in [6.07, 6.45) is -1.59. The number of likely N-dealkylation sites (tertiary alicyclic amines) is 1. The third-order valence-corrected chi connectivity index (χ3v) is 4.44. The molecule has 0 bridgehead atoms. The minimum absolute atomic E-state index is 0.213. The topological polar surface area (TPSA) is 182 Å². The Morgan fingerprint density at radius 1 is 1.04 bits per heavy atom. The first-order valence-electron chi connectivity index (χ1n) is 8.73. The van der Waals surface area contributed by atoms with E-state index in [1.165, 1.54) is 20.8 Å². The number of aliphatic hydroxyl groups excluding tert-OH is 2. The molecule has 0 aromatic carbocycles. The van der Waals surface area contributed by atoms with Gasteiger partial charge in [-0.05, 0) is 33.6 Å². The fourth-order valence-corrected chi connectivity index (χ4v) is 2.73. The molecule has 1 saturated heterocycles. The second-order valence-corrected chi connectivity index (χ2v) is 6.75. The zero-order valence-corrected chi connectivity index (χ0v) is 15.6. The van der Waals surface area contributed by atoms with Crippen LogP contribution >= 0.6 is 0 Å². The van der Waals surface area contributed by atoms with E-state index in [0.29, 0.717) is 12.8 Å². The smallest absolute Gasteiger partial charge is 0.326 e. The number of nitrogens with zero attached hydrogens (tertiary/aromatic N) is 1. The number of nitrogens with one attached hydrogen (secondary N) is 2. The summed E-state index contributed by atoms with van der Waals surface area (Å²) >= 11 is 0. The van der Waals surface area contributed by atoms with E-state index in [4.69, 9.17) is 5.73 Å². The highest BCUT2D eigenvalue weighted by atomic mass is 16.4. The van der Waals surface area contributed by atoms with E-state index < -0.39 is 60.1 Å². The molecule has 0 aromatic rings. The van der Waals surface area contributed by atoms with Crippen LogP contribution in [0.15, 0.2) is 0 Å². The van der Waals surface area contributed by atoms with Gasteiger partial charge in [-0.25, -0.2) is 4.79 Å². The maximum absolute atomic E-state index is 12.6. The van der Waals surface area contributed by atoms with Gasteiger partial charge in [-0.1, -0.05) is 0 Å². The molecule has 27 heavy (non-hydrogen) atoms. The molecule has 6 atom stereocenters. The number of nitrogens with two attached hydrogens (primary N) is 1. The van der Waals surface area contributed by atoms with Crippen LogP contribution in [0.25, 0.3) is 0 Å². The number of aliphatic carboxylic acids is 1. The lowest BCUT2D eigenvalue weighted by atomic mass is 10.1. The number of aliphatic hydroxyl groups is 2. The van der Waals surface area contributed by atoms with Crippen molar-refractivity contribution in [2.45, 2.75) is 70.0 Å². The van der Waals surface area contributed by atoms with E-state index in [1.807, 2.05) is 0 Å². The van der Waals surface area contributed by atoms with Crippen molar-refractivity contribution >= 4 is 23.7 Å². The molecule has 11 nitrogen and oxygen atoms in total. The molecule has 0 spiro atoms. The van der Waals surface area contributed by atoms with Gasteiger partial charge in [-0.3, -0.25) is 14.4 Å². The Hall–Kier alpha value is -2.24. The van der Waals surface area contributed by atoms with Crippen molar-refractivity contribution in [1.29, 1.82) is 0 Å². The van der Waals surface area contributed by atoms with Crippen LogP contribution in [0.2, 0.25) is 0 Å². The van der Waals surface area contributed by atoms with Crippen molar-refractivity contribution in [1.82, 2.24) is 15.5 Å². The fourth-order valence-electron chi connectivity index (χ4n) is 2.73. The van der Waals surface area contributed by atoms with Gasteiger partial charge in [0.2, 0.25) is 17.7 Å². The second kappa shape index (κ2) is 9.62. The van der Waals surface area contributed by atoms with Crippen LogP contribution in [0.4, 0.5) is 0 Å². The van der Waals surface area contributed by atoms with Crippen molar-refractivity contribution in [2.24, 2.45) is 5.73 Å². The van der Waals surface area contributed by atoms with Crippen LogP contribution in [0, 0.1) is 0 Å². The molecule has 0 aliphatic carbocycles. The summed E-state index contributed by atoms with van der Waals surface area (Å²) < 4.78 is 0. The van der Waals surface area contributed by atoms with Gasteiger partial charge in [0, 0.05) is 6.54 Å². The Kier molecular flexibility index (Phi) is 8.13. The molecule has 3 amide bonds. The Labute approximate surface area is 156 Å². The molecule has 154 valence electrons. The van der Waals surface area contributed by atoms with E-state index in [2.05, 4.69) is 10.6 Å². The van der Waals surface area contributed by atoms with Gasteiger partial charge in [0.1, 0.15) is 24.2 Å². The highest BCUT2D eigenvalue weighted by Gasteiger charge is 2.39. The van der Waals surface area contributed by atoms with E-state index in [1.54, 1.807) is 0 Å². The van der Waals surface area contributed by atoms with Gasteiger partial charge in [-0.2, -0.15) is 0 Å². The van der Waals surface area contributed by atoms with E-state index in [0.717, 1.165) is 4.90 Å². The van der Waals surface area contributed by atoms with Gasteiger partial charge >= 0.3 is 5.97 Å². The molecule has 11 heteroatoms. The molecule has 1 aliphatic heterocycles. The number of amides is 3. The number of hydrogen-bond donors (Lipinski definition) is 6. The maximum atomic E-state index is 12.6. The van der Waals surface area contributed by atoms with Crippen LogP contribution < -0.4 is 16.4 Å². The average Bonchev–Trinajstić information content (AvgIpc) is 3.07. The number of carbonyl (C=O) groups is 4. The highest BCUT2D eigenvalue weighted by molar-refractivity contribution is 5.94. The standard InChI is InChI=1S/C16H28N4O7/c1-7(18-14(24)11(17)8(2)21)13(23)19-12(9(3)22)15(25)20-6-4-5-10(20)16(26)27/h7-12,21-22H,4-6,17H2,1-3H3,(H,18,24)(H,19,23)(H,26,27). The summed E-state index contributed by atoms with van der Waals surface area (Å²) in [5.41, 5.74) is 5.48. The van der Waals surface area contributed by atoms with Crippen molar-refractivity contribution < 1.29 is 34.5 Å². The third-order valence-electron chi connectivity index (χ3n) is 4.44. The van der Waals surface area contributed by atoms with Gasteiger partial charge in [-0.15, -0.1) is 0 Å². The lowest BCUT2D eigenvalue weighted by Gasteiger charge is -2.29. The van der Waals surface area contributed by atoms with E-state index >= 15 is 0 Å². The first kappa shape index (κ1) is 22.8. The number of rotatable bonds is 8. The molecule has 1 aliphatic rings. The fraction of sp³-hybridized carbons (Fsp3) is 0.750. The summed E-state index contributed by atoms with van der Waals surface area (Å²) in [6.45, 7) is 4.18. The van der Waals surface area contributed by atoms with Crippen LogP contribution in [0.5, 0.6) is 0 Å². The van der Waals surface area contributed by atoms with Crippen LogP contribution in [0.3, 0.4) is 0 Å². The van der Waals surface area contributed by atoms with Gasteiger partial charge in [0.05, 0.1) is 12.2 Å². The minimum atomic E-state index is -1.36. The molecular formula is C16H28N4O7. The number of carbonyl (C=O) groups excluding carboxylic acids is 3. The minimum Gasteiger partial charge on any atom is -0.480 e. The largest absolute Gasteiger partial charge is 0.480 e. The molecule has 6 unspecified atom stereocenters. The lowest BCUT2D eigenvalue weighted by molar-refractivity contribution is -0.150. The van der Waals surface area contributed by atoms with Crippen LogP contribution in [0.1, 0.15) is 33.6 Å². The molecular weight excluding hydrogens is 360 g/mol. The number of carboxylic acids is 1. The predicted molar refractivity (Wildman–Crippen MR) is 93.2 cm³/mol. The second-order valence-electron chi connectivity index (χ2n) is 6.75. The average molecular weight is 388 g/mol. The Morgan fingerprint density at radius 2 is 1.63 bits per heavy atom. The quantitative estimate of drug-likeness (QED) is 0.256. The normalized spacial score (nSPS) is 22.3. The molecule has 1 heterocycles. The molecule has 0 saturated carbocycles. The van der Waals surface area contributed by atoms with Crippen molar-refractivity contribution in [2.75, 3.05) is 6.54 Å². The highest BCUT2D eigenvalue weighted by Crippen LogP contribution is 2.19. The molecule has 1 fully saturated rings. The van der Waals surface area contributed by atoms with Crippen molar-refractivity contribution in [3.05, 3.63) is 0 Å². The summed E-state index contributed by atoms with van der Waals surface area (Å²) in [6, 6.07) is -4.68. The molecule has 0 aromatic heterocycles. The zero-order valence-electron chi connectivity index (χ0n) is 15.6. The van der Waals surface area contributed by atoms with E-state index in [9.17, 15) is 34.5 Å². The zero-order chi connectivity index (χ0) is 20.9. The predicted octanol–water partition coefficient (Wildman–Crippen LogP) is -2.86. The Morgan fingerprint density at radius 3 is 2.11 bits per heavy atom. The van der Waals surface area contributed by atoms with Gasteiger partial charge in [0.15, 0.2) is 0 Å². The van der Waals surface area contributed by atoms with Crippen molar-refractivity contribution in [3.63, 3.8) is 0 Å². The number of hydrogen-bond acceptors (Lipinski definition) is 7. The molecule has 0 radical (unpaired) electrons. The maximum Gasteiger partial charge on any atom is 0.326 e. The van der Waals surface area contributed by atoms with Crippen LogP contribution in [-0.2, 0) is 19.2 Å². The SMILES string of the molecule is CC(NC(=O)C(N)C(C)O)C(=O)NC(C(=O)N1CCCC1C(=O)O)C(C)O. The van der Waals surface area contributed by atoms with Crippen molar-refractivity contribution in [3.8, 4) is 0 Å². The lowest BCUT2D eigenvalue weighted by Crippen LogP contribution is -2.59.